The molecule has 0 aliphatic carbocycles. The third-order valence-corrected chi connectivity index (χ3v) is 4.54. The largest absolute Gasteiger partial charge is 0.496 e. The summed E-state index contributed by atoms with van der Waals surface area (Å²) in [6, 6.07) is 8.26. The lowest BCUT2D eigenvalue weighted by atomic mass is 10.1. The van der Waals surface area contributed by atoms with Crippen LogP contribution in [0.5, 0.6) is 11.5 Å². The molecule has 0 aliphatic heterocycles. The van der Waals surface area contributed by atoms with E-state index in [9.17, 15) is 0 Å². The van der Waals surface area contributed by atoms with E-state index in [4.69, 9.17) is 13.9 Å². The Balaban J connectivity index is 1.94. The van der Waals surface area contributed by atoms with Crippen molar-refractivity contribution in [3.63, 3.8) is 0 Å². The quantitative estimate of drug-likeness (QED) is 0.486. The van der Waals surface area contributed by atoms with Gasteiger partial charge in [0.05, 0.1) is 13.7 Å². The molecule has 24 heavy (non-hydrogen) atoms. The van der Waals surface area contributed by atoms with Gasteiger partial charge in [-0.3, -0.25) is 0 Å². The summed E-state index contributed by atoms with van der Waals surface area (Å²) < 4.78 is 17.5. The smallest absolute Gasteiger partial charge is 0.135 e. The number of hydrogen-bond donors (Lipinski definition) is 0. The number of rotatable bonds is 7. The fourth-order valence-electron chi connectivity index (χ4n) is 3.12. The first-order chi connectivity index (χ1) is 11.6. The first-order valence-corrected chi connectivity index (χ1v) is 8.78. The van der Waals surface area contributed by atoms with Gasteiger partial charge in [0.1, 0.15) is 22.7 Å². The highest BCUT2D eigenvalue weighted by atomic mass is 16.5. The Morgan fingerprint density at radius 1 is 0.833 bits per heavy atom. The standard InChI is InChI=1S/C21H26O3/c1-5-6-7-8-9-23-19-13-17-16-12-18(22-4)14(2)10-20(16)24-21(17)11-15(19)3/h10-13H,5-9H2,1-4H3. The van der Waals surface area contributed by atoms with E-state index >= 15 is 0 Å². The van der Waals surface area contributed by atoms with Crippen LogP contribution in [0, 0.1) is 13.8 Å². The van der Waals surface area contributed by atoms with Crippen LogP contribution in [0.1, 0.15) is 43.7 Å². The number of fused-ring (bicyclic) bond motifs is 3. The molecule has 0 amide bonds. The molecule has 1 heterocycles. The van der Waals surface area contributed by atoms with E-state index in [0.717, 1.165) is 57.6 Å². The number of furan rings is 1. The minimum Gasteiger partial charge on any atom is -0.496 e. The molecule has 2 aromatic carbocycles. The lowest BCUT2D eigenvalue weighted by Gasteiger charge is -2.09. The Morgan fingerprint density at radius 3 is 2.08 bits per heavy atom. The zero-order valence-electron chi connectivity index (χ0n) is 15.1. The maximum absolute atomic E-state index is 6.02. The molecule has 0 bridgehead atoms. The molecule has 3 nitrogen and oxygen atoms in total. The average Bonchev–Trinajstić information content (AvgIpc) is 2.89. The third-order valence-electron chi connectivity index (χ3n) is 4.54. The molecule has 3 rings (SSSR count). The van der Waals surface area contributed by atoms with Crippen LogP contribution in [-0.4, -0.2) is 13.7 Å². The topological polar surface area (TPSA) is 31.6 Å². The van der Waals surface area contributed by atoms with Gasteiger partial charge in [-0.05, 0) is 55.7 Å². The van der Waals surface area contributed by atoms with Crippen molar-refractivity contribution in [1.82, 2.24) is 0 Å². The lowest BCUT2D eigenvalue weighted by molar-refractivity contribution is 0.303. The molecule has 0 saturated heterocycles. The monoisotopic (exact) mass is 326 g/mol. The molecule has 3 aromatic rings. The highest BCUT2D eigenvalue weighted by Crippen LogP contribution is 2.36. The average molecular weight is 326 g/mol. The second-order valence-corrected chi connectivity index (χ2v) is 6.44. The Bertz CT molecular complexity index is 845. The van der Waals surface area contributed by atoms with E-state index in [2.05, 4.69) is 32.0 Å². The van der Waals surface area contributed by atoms with Crippen LogP contribution in [-0.2, 0) is 0 Å². The van der Waals surface area contributed by atoms with Crippen LogP contribution < -0.4 is 9.47 Å². The minimum atomic E-state index is 0.768. The van der Waals surface area contributed by atoms with Gasteiger partial charge in [-0.2, -0.15) is 0 Å². The van der Waals surface area contributed by atoms with Crippen molar-refractivity contribution in [2.45, 2.75) is 46.5 Å². The van der Waals surface area contributed by atoms with Crippen LogP contribution in [0.4, 0.5) is 0 Å². The predicted molar refractivity (Wildman–Crippen MR) is 99.4 cm³/mol. The number of ether oxygens (including phenoxy) is 2. The van der Waals surface area contributed by atoms with Crippen LogP contribution >= 0.6 is 0 Å². The third kappa shape index (κ3) is 3.21. The van der Waals surface area contributed by atoms with Gasteiger partial charge in [-0.25, -0.2) is 0 Å². The Kier molecular flexibility index (Phi) is 4.98. The number of methoxy groups -OCH3 is 1. The Labute approximate surface area is 143 Å². The van der Waals surface area contributed by atoms with Crippen molar-refractivity contribution in [2.75, 3.05) is 13.7 Å². The SMILES string of the molecule is CCCCCCOc1cc2c(cc1C)oc1cc(C)c(OC)cc12. The minimum absolute atomic E-state index is 0.768. The van der Waals surface area contributed by atoms with Crippen LogP contribution in [0.25, 0.3) is 21.9 Å². The molecule has 0 radical (unpaired) electrons. The first-order valence-electron chi connectivity index (χ1n) is 8.78. The highest BCUT2D eigenvalue weighted by Gasteiger charge is 2.13. The van der Waals surface area contributed by atoms with Gasteiger partial charge in [0.25, 0.3) is 0 Å². The van der Waals surface area contributed by atoms with Gasteiger partial charge in [0.15, 0.2) is 0 Å². The molecule has 0 fully saturated rings. The Hall–Kier alpha value is -2.16. The summed E-state index contributed by atoms with van der Waals surface area (Å²) in [5.41, 5.74) is 3.98. The summed E-state index contributed by atoms with van der Waals surface area (Å²) >= 11 is 0. The molecule has 1 aromatic heterocycles. The second-order valence-electron chi connectivity index (χ2n) is 6.44. The lowest BCUT2D eigenvalue weighted by Crippen LogP contribution is -1.98. The molecule has 0 N–H and O–H groups in total. The summed E-state index contributed by atoms with van der Waals surface area (Å²) in [5, 5.41) is 2.15. The summed E-state index contributed by atoms with van der Waals surface area (Å²) in [4.78, 5) is 0. The molecule has 0 unspecified atom stereocenters. The molecule has 3 heteroatoms. The second kappa shape index (κ2) is 7.16. The normalized spacial score (nSPS) is 11.3. The van der Waals surface area contributed by atoms with E-state index in [1.165, 1.54) is 19.3 Å². The zero-order chi connectivity index (χ0) is 17.1. The maximum Gasteiger partial charge on any atom is 0.135 e. The van der Waals surface area contributed by atoms with Crippen molar-refractivity contribution >= 4 is 21.9 Å². The number of hydrogen-bond acceptors (Lipinski definition) is 3. The number of unbranched alkanes of at least 4 members (excludes halogenated alkanes) is 3. The van der Waals surface area contributed by atoms with Crippen LogP contribution in [0.3, 0.4) is 0 Å². The molecule has 0 aliphatic rings. The van der Waals surface area contributed by atoms with E-state index in [0.29, 0.717) is 0 Å². The molecular formula is C21H26O3. The van der Waals surface area contributed by atoms with Gasteiger partial charge < -0.3 is 13.9 Å². The van der Waals surface area contributed by atoms with Gasteiger partial charge in [0, 0.05) is 10.8 Å². The number of benzene rings is 2. The first kappa shape index (κ1) is 16.7. The predicted octanol–water partition coefficient (Wildman–Crippen LogP) is 6.17. The summed E-state index contributed by atoms with van der Waals surface area (Å²) in [6.45, 7) is 7.09. The van der Waals surface area contributed by atoms with Gasteiger partial charge in [0.2, 0.25) is 0 Å². The zero-order valence-corrected chi connectivity index (χ0v) is 15.1. The van der Waals surface area contributed by atoms with Gasteiger partial charge in [-0.15, -0.1) is 0 Å². The van der Waals surface area contributed by atoms with Crippen molar-refractivity contribution < 1.29 is 13.9 Å². The van der Waals surface area contributed by atoms with Crippen molar-refractivity contribution in [2.24, 2.45) is 0 Å². The Morgan fingerprint density at radius 2 is 1.46 bits per heavy atom. The highest BCUT2D eigenvalue weighted by molar-refractivity contribution is 6.06. The van der Waals surface area contributed by atoms with Crippen LogP contribution in [0.2, 0.25) is 0 Å². The van der Waals surface area contributed by atoms with E-state index < -0.39 is 0 Å². The van der Waals surface area contributed by atoms with E-state index in [-0.39, 0.29) is 0 Å². The van der Waals surface area contributed by atoms with E-state index in [1.807, 2.05) is 13.0 Å². The molecule has 0 spiro atoms. The summed E-state index contributed by atoms with van der Waals surface area (Å²) in [7, 11) is 1.70. The van der Waals surface area contributed by atoms with Gasteiger partial charge in [-0.1, -0.05) is 26.2 Å². The number of aryl methyl sites for hydroxylation is 2. The molecular weight excluding hydrogens is 300 g/mol. The summed E-state index contributed by atoms with van der Waals surface area (Å²) in [5.74, 6) is 1.83. The molecule has 0 atom stereocenters. The molecule has 0 saturated carbocycles. The van der Waals surface area contributed by atoms with Crippen molar-refractivity contribution in [1.29, 1.82) is 0 Å². The fourth-order valence-corrected chi connectivity index (χ4v) is 3.12. The van der Waals surface area contributed by atoms with Crippen LogP contribution in [0.15, 0.2) is 28.7 Å². The van der Waals surface area contributed by atoms with Crippen molar-refractivity contribution in [3.05, 3.63) is 35.4 Å². The van der Waals surface area contributed by atoms with Crippen molar-refractivity contribution in [3.8, 4) is 11.5 Å². The molecule has 128 valence electrons. The van der Waals surface area contributed by atoms with E-state index in [1.54, 1.807) is 7.11 Å². The van der Waals surface area contributed by atoms with Gasteiger partial charge >= 0.3 is 0 Å². The fraction of sp³-hybridized carbons (Fsp3) is 0.429. The maximum atomic E-state index is 6.02. The summed E-state index contributed by atoms with van der Waals surface area (Å²) in [6.07, 6.45) is 4.84.